The smallest absolute Gasteiger partial charge is 0.336 e. The molecule has 0 aliphatic heterocycles. The lowest BCUT2D eigenvalue weighted by Crippen LogP contribution is -2.06. The second kappa shape index (κ2) is 9.37. The molecule has 0 bridgehead atoms. The minimum absolute atomic E-state index is 0.0576. The van der Waals surface area contributed by atoms with E-state index in [0.717, 1.165) is 16.3 Å². The largest absolute Gasteiger partial charge is 0.460 e. The SMILES string of the molecule is O=C(C=Cc1cccc2ccccc12)Oc1ccc2c(=O)c(Oc3ccccc3Br)coc2c1. The lowest BCUT2D eigenvalue weighted by molar-refractivity contribution is -0.128. The minimum Gasteiger partial charge on any atom is -0.460 e. The summed E-state index contributed by atoms with van der Waals surface area (Å²) in [5.41, 5.74) is 0.871. The molecule has 0 saturated carbocycles. The topological polar surface area (TPSA) is 65.7 Å². The third-order valence-electron chi connectivity index (χ3n) is 5.21. The van der Waals surface area contributed by atoms with Gasteiger partial charge in [-0.15, -0.1) is 0 Å². The number of esters is 1. The molecule has 0 spiro atoms. The van der Waals surface area contributed by atoms with Crippen molar-refractivity contribution in [2.75, 3.05) is 0 Å². The van der Waals surface area contributed by atoms with E-state index in [2.05, 4.69) is 15.9 Å². The maximum Gasteiger partial charge on any atom is 0.336 e. The molecule has 166 valence electrons. The molecule has 6 heteroatoms. The molecule has 0 saturated heterocycles. The van der Waals surface area contributed by atoms with Crippen LogP contribution in [0.2, 0.25) is 0 Å². The first-order valence-electron chi connectivity index (χ1n) is 10.4. The van der Waals surface area contributed by atoms with Gasteiger partial charge in [-0.1, -0.05) is 54.6 Å². The summed E-state index contributed by atoms with van der Waals surface area (Å²) < 4.78 is 17.4. The molecule has 0 aliphatic rings. The van der Waals surface area contributed by atoms with Gasteiger partial charge >= 0.3 is 5.97 Å². The zero-order valence-electron chi connectivity index (χ0n) is 17.7. The molecule has 5 aromatic rings. The number of carbonyl (C=O) groups excluding carboxylic acids is 1. The van der Waals surface area contributed by atoms with Crippen LogP contribution in [0.1, 0.15) is 5.56 Å². The van der Waals surface area contributed by atoms with E-state index in [1.807, 2.05) is 54.6 Å². The van der Waals surface area contributed by atoms with Crippen molar-refractivity contribution in [3.63, 3.8) is 0 Å². The number of hydrogen-bond donors (Lipinski definition) is 0. The second-order valence-electron chi connectivity index (χ2n) is 7.44. The molecular formula is C28H17BrO5. The molecular weight excluding hydrogens is 496 g/mol. The van der Waals surface area contributed by atoms with Crippen molar-refractivity contribution in [1.29, 1.82) is 0 Å². The maximum atomic E-state index is 12.8. The Morgan fingerprint density at radius 3 is 2.53 bits per heavy atom. The Labute approximate surface area is 203 Å². The predicted octanol–water partition coefficient (Wildman–Crippen LogP) is 7.12. The summed E-state index contributed by atoms with van der Waals surface area (Å²) in [6.07, 6.45) is 4.34. The van der Waals surface area contributed by atoms with Crippen LogP contribution in [0.15, 0.2) is 111 Å². The van der Waals surface area contributed by atoms with Gasteiger partial charge in [0, 0.05) is 12.1 Å². The third kappa shape index (κ3) is 4.49. The molecule has 1 heterocycles. The van der Waals surface area contributed by atoms with E-state index in [4.69, 9.17) is 13.9 Å². The summed E-state index contributed by atoms with van der Waals surface area (Å²) in [4.78, 5) is 25.2. The Hall–Kier alpha value is -4.16. The van der Waals surface area contributed by atoms with E-state index in [0.29, 0.717) is 15.6 Å². The van der Waals surface area contributed by atoms with Gasteiger partial charge in [0.25, 0.3) is 0 Å². The van der Waals surface area contributed by atoms with Gasteiger partial charge in [-0.25, -0.2) is 4.79 Å². The van der Waals surface area contributed by atoms with Crippen molar-refractivity contribution < 1.29 is 18.7 Å². The summed E-state index contributed by atoms with van der Waals surface area (Å²) in [7, 11) is 0. The monoisotopic (exact) mass is 512 g/mol. The number of hydrogen-bond acceptors (Lipinski definition) is 5. The number of halogens is 1. The van der Waals surface area contributed by atoms with Gasteiger partial charge in [-0.05, 0) is 62.6 Å². The molecule has 5 rings (SSSR count). The van der Waals surface area contributed by atoms with Crippen molar-refractivity contribution in [2.45, 2.75) is 0 Å². The van der Waals surface area contributed by atoms with E-state index < -0.39 is 5.97 Å². The van der Waals surface area contributed by atoms with Gasteiger partial charge in [0.1, 0.15) is 23.3 Å². The average Bonchev–Trinajstić information content (AvgIpc) is 2.85. The highest BCUT2D eigenvalue weighted by atomic mass is 79.9. The van der Waals surface area contributed by atoms with E-state index in [-0.39, 0.29) is 22.5 Å². The molecule has 0 fully saturated rings. The first-order chi connectivity index (χ1) is 16.6. The van der Waals surface area contributed by atoms with Crippen LogP contribution >= 0.6 is 15.9 Å². The number of fused-ring (bicyclic) bond motifs is 2. The molecule has 4 aromatic carbocycles. The zero-order valence-corrected chi connectivity index (χ0v) is 19.3. The molecule has 0 unspecified atom stereocenters. The van der Waals surface area contributed by atoms with Gasteiger partial charge < -0.3 is 13.9 Å². The Bertz CT molecular complexity index is 1610. The van der Waals surface area contributed by atoms with E-state index in [1.165, 1.54) is 18.4 Å². The van der Waals surface area contributed by atoms with Crippen molar-refractivity contribution >= 4 is 49.7 Å². The molecule has 0 N–H and O–H groups in total. The summed E-state index contributed by atoms with van der Waals surface area (Å²) in [6.45, 7) is 0. The third-order valence-corrected chi connectivity index (χ3v) is 5.87. The first-order valence-corrected chi connectivity index (χ1v) is 11.2. The quantitative estimate of drug-likeness (QED) is 0.142. The van der Waals surface area contributed by atoms with Crippen LogP contribution in [0.5, 0.6) is 17.2 Å². The molecule has 5 nitrogen and oxygen atoms in total. The van der Waals surface area contributed by atoms with Crippen LogP contribution in [0.3, 0.4) is 0 Å². The van der Waals surface area contributed by atoms with Crippen molar-refractivity contribution in [3.8, 4) is 17.2 Å². The van der Waals surface area contributed by atoms with E-state index in [1.54, 1.807) is 30.3 Å². The lowest BCUT2D eigenvalue weighted by Gasteiger charge is -2.08. The number of para-hydroxylation sites is 1. The normalized spacial score (nSPS) is 11.2. The van der Waals surface area contributed by atoms with Crippen LogP contribution in [-0.4, -0.2) is 5.97 Å². The highest BCUT2D eigenvalue weighted by Gasteiger charge is 2.12. The molecule has 0 amide bonds. The minimum atomic E-state index is -0.538. The van der Waals surface area contributed by atoms with Crippen LogP contribution in [0, 0.1) is 0 Å². The summed E-state index contributed by atoms with van der Waals surface area (Å²) in [5, 5.41) is 2.45. The highest BCUT2D eigenvalue weighted by molar-refractivity contribution is 9.10. The average molecular weight is 513 g/mol. The maximum absolute atomic E-state index is 12.8. The highest BCUT2D eigenvalue weighted by Crippen LogP contribution is 2.29. The van der Waals surface area contributed by atoms with Crippen LogP contribution in [-0.2, 0) is 4.79 Å². The van der Waals surface area contributed by atoms with Gasteiger partial charge in [-0.3, -0.25) is 4.79 Å². The fourth-order valence-corrected chi connectivity index (χ4v) is 3.94. The molecule has 0 atom stereocenters. The Kier molecular flexibility index (Phi) is 5.97. The summed E-state index contributed by atoms with van der Waals surface area (Å²) >= 11 is 3.39. The molecule has 34 heavy (non-hydrogen) atoms. The zero-order chi connectivity index (χ0) is 23.5. The predicted molar refractivity (Wildman–Crippen MR) is 135 cm³/mol. The van der Waals surface area contributed by atoms with Gasteiger partial charge in [0.05, 0.1) is 9.86 Å². The fourth-order valence-electron chi connectivity index (χ4n) is 3.57. The number of rotatable bonds is 5. The summed E-state index contributed by atoms with van der Waals surface area (Å²) in [5.74, 6) is 0.283. The lowest BCUT2D eigenvalue weighted by atomic mass is 10.0. The Morgan fingerprint density at radius 2 is 1.65 bits per heavy atom. The Balaban J connectivity index is 1.35. The fraction of sp³-hybridized carbons (Fsp3) is 0. The van der Waals surface area contributed by atoms with Gasteiger partial charge in [0.15, 0.2) is 0 Å². The number of ether oxygens (including phenoxy) is 2. The van der Waals surface area contributed by atoms with Crippen molar-refractivity contribution in [3.05, 3.63) is 118 Å². The van der Waals surface area contributed by atoms with Gasteiger partial charge in [-0.2, -0.15) is 0 Å². The number of carbonyl (C=O) groups is 1. The Morgan fingerprint density at radius 1 is 0.853 bits per heavy atom. The van der Waals surface area contributed by atoms with Crippen LogP contribution in [0.4, 0.5) is 0 Å². The van der Waals surface area contributed by atoms with Crippen molar-refractivity contribution in [1.82, 2.24) is 0 Å². The molecule has 0 radical (unpaired) electrons. The van der Waals surface area contributed by atoms with Crippen LogP contribution in [0.25, 0.3) is 27.8 Å². The van der Waals surface area contributed by atoms with Crippen LogP contribution < -0.4 is 14.9 Å². The summed E-state index contributed by atoms with van der Waals surface area (Å²) in [6, 6.07) is 25.6. The molecule has 0 aliphatic carbocycles. The van der Waals surface area contributed by atoms with E-state index in [9.17, 15) is 9.59 Å². The number of benzene rings is 4. The second-order valence-corrected chi connectivity index (χ2v) is 8.30. The first kappa shape index (κ1) is 21.7. The van der Waals surface area contributed by atoms with E-state index >= 15 is 0 Å². The van der Waals surface area contributed by atoms with Crippen molar-refractivity contribution in [2.24, 2.45) is 0 Å². The molecule has 1 aromatic heterocycles. The van der Waals surface area contributed by atoms with Gasteiger partial charge in [0.2, 0.25) is 11.2 Å². The standard InChI is InChI=1S/C28H17BrO5/c29-23-10-3-4-11-24(23)34-26-17-32-25-16-20(13-14-22(25)28(26)31)33-27(30)15-12-19-8-5-7-18-6-1-2-9-21(18)19/h1-17H.